The largest absolute Gasteiger partial charge is 0.453 e. The summed E-state index contributed by atoms with van der Waals surface area (Å²) < 4.78 is 11.0. The highest BCUT2D eigenvalue weighted by Crippen LogP contribution is 2.37. The number of aromatic nitrogens is 3. The van der Waals surface area contributed by atoms with E-state index in [0.29, 0.717) is 33.6 Å². The zero-order valence-electron chi connectivity index (χ0n) is 16.1. The van der Waals surface area contributed by atoms with E-state index in [4.69, 9.17) is 9.47 Å². The van der Waals surface area contributed by atoms with Gasteiger partial charge < -0.3 is 14.8 Å². The van der Waals surface area contributed by atoms with Gasteiger partial charge >= 0.3 is 5.97 Å². The molecule has 8 nitrogen and oxygen atoms in total. The van der Waals surface area contributed by atoms with E-state index in [1.165, 1.54) is 11.3 Å². The minimum atomic E-state index is -0.365. The van der Waals surface area contributed by atoms with Crippen LogP contribution in [-0.2, 0) is 16.6 Å². The maximum Gasteiger partial charge on any atom is 0.317 e. The quantitative estimate of drug-likeness (QED) is 0.654. The van der Waals surface area contributed by atoms with Crippen molar-refractivity contribution in [2.45, 2.75) is 32.6 Å². The lowest BCUT2D eigenvalue weighted by atomic mass is 9.98. The summed E-state index contributed by atoms with van der Waals surface area (Å²) in [5, 5.41) is 12.0. The van der Waals surface area contributed by atoms with E-state index in [1.54, 1.807) is 36.5 Å². The smallest absolute Gasteiger partial charge is 0.317 e. The van der Waals surface area contributed by atoms with Crippen molar-refractivity contribution in [1.82, 2.24) is 15.2 Å². The molecular weight excluding hydrogens is 392 g/mol. The van der Waals surface area contributed by atoms with Crippen molar-refractivity contribution in [3.63, 3.8) is 0 Å². The van der Waals surface area contributed by atoms with Crippen LogP contribution in [0.5, 0.6) is 17.2 Å². The third-order valence-electron chi connectivity index (χ3n) is 4.05. The molecule has 1 aliphatic heterocycles. The minimum Gasteiger partial charge on any atom is -0.453 e. The van der Waals surface area contributed by atoms with Crippen LogP contribution in [-0.4, -0.2) is 27.1 Å². The number of pyridine rings is 1. The predicted molar refractivity (Wildman–Crippen MR) is 107 cm³/mol. The molecule has 0 spiro atoms. The molecule has 2 aromatic heterocycles. The van der Waals surface area contributed by atoms with E-state index >= 15 is 0 Å². The van der Waals surface area contributed by atoms with Gasteiger partial charge in [0, 0.05) is 29.4 Å². The number of esters is 1. The molecule has 1 aromatic carbocycles. The van der Waals surface area contributed by atoms with Crippen LogP contribution >= 0.6 is 11.3 Å². The summed E-state index contributed by atoms with van der Waals surface area (Å²) in [5.74, 6) is 0.496. The SMILES string of the molecule is CC(C)(C)c1nnc(C(=O)Nc2cccc(Oc3ccnc4c3OC(=O)C4)c2)s1. The van der Waals surface area contributed by atoms with E-state index in [2.05, 4.69) is 20.5 Å². The number of amides is 1. The summed E-state index contributed by atoms with van der Waals surface area (Å²) in [4.78, 5) is 28.1. The summed E-state index contributed by atoms with van der Waals surface area (Å²) in [6, 6.07) is 8.53. The van der Waals surface area contributed by atoms with Crippen molar-refractivity contribution < 1.29 is 19.1 Å². The van der Waals surface area contributed by atoms with Crippen LogP contribution in [0.4, 0.5) is 5.69 Å². The molecule has 29 heavy (non-hydrogen) atoms. The second kappa shape index (κ2) is 7.25. The third-order valence-corrected chi connectivity index (χ3v) is 5.40. The predicted octanol–water partition coefficient (Wildman–Crippen LogP) is 3.74. The second-order valence-electron chi connectivity index (χ2n) is 7.48. The monoisotopic (exact) mass is 410 g/mol. The van der Waals surface area contributed by atoms with Crippen molar-refractivity contribution in [2.75, 3.05) is 5.32 Å². The highest BCUT2D eigenvalue weighted by Gasteiger charge is 2.26. The minimum absolute atomic E-state index is 0.126. The number of benzene rings is 1. The Balaban J connectivity index is 1.50. The van der Waals surface area contributed by atoms with E-state index in [0.717, 1.165) is 5.01 Å². The van der Waals surface area contributed by atoms with E-state index < -0.39 is 0 Å². The van der Waals surface area contributed by atoms with Gasteiger partial charge in [-0.05, 0) is 12.1 Å². The van der Waals surface area contributed by atoms with Gasteiger partial charge in [0.15, 0.2) is 11.5 Å². The molecule has 4 rings (SSSR count). The molecule has 0 atom stereocenters. The summed E-state index contributed by atoms with van der Waals surface area (Å²) >= 11 is 1.27. The standard InChI is InChI=1S/C20H18N4O4S/c1-20(2,3)19-24-23-18(29-19)17(26)22-11-5-4-6-12(9-11)27-14-7-8-21-13-10-15(25)28-16(13)14/h4-9H,10H2,1-3H3,(H,22,26). The average Bonchev–Trinajstić information content (AvgIpc) is 3.28. The lowest BCUT2D eigenvalue weighted by Crippen LogP contribution is -2.11. The van der Waals surface area contributed by atoms with Crippen molar-refractivity contribution in [2.24, 2.45) is 0 Å². The first-order chi connectivity index (χ1) is 13.8. The fourth-order valence-electron chi connectivity index (χ4n) is 2.64. The lowest BCUT2D eigenvalue weighted by molar-refractivity contribution is -0.131. The first-order valence-electron chi connectivity index (χ1n) is 8.91. The van der Waals surface area contributed by atoms with Crippen LogP contribution in [0, 0.1) is 0 Å². The molecule has 3 aromatic rings. The number of fused-ring (bicyclic) bond motifs is 1. The van der Waals surface area contributed by atoms with Gasteiger partial charge in [-0.25, -0.2) is 0 Å². The third kappa shape index (κ3) is 4.09. The average molecular weight is 410 g/mol. The van der Waals surface area contributed by atoms with Crippen LogP contribution < -0.4 is 14.8 Å². The Bertz CT molecular complexity index is 1100. The number of nitrogens with zero attached hydrogens (tertiary/aromatic N) is 3. The first-order valence-corrected chi connectivity index (χ1v) is 9.73. The molecule has 0 saturated heterocycles. The number of carbonyl (C=O) groups is 2. The number of ether oxygens (including phenoxy) is 2. The number of carbonyl (C=O) groups excluding carboxylic acids is 2. The van der Waals surface area contributed by atoms with E-state index in [-0.39, 0.29) is 23.7 Å². The molecule has 148 valence electrons. The van der Waals surface area contributed by atoms with Gasteiger partial charge in [-0.3, -0.25) is 14.6 Å². The highest BCUT2D eigenvalue weighted by molar-refractivity contribution is 7.13. The Morgan fingerprint density at radius 1 is 1.24 bits per heavy atom. The van der Waals surface area contributed by atoms with Crippen LogP contribution in [0.2, 0.25) is 0 Å². The fourth-order valence-corrected chi connectivity index (χ4v) is 3.44. The second-order valence-corrected chi connectivity index (χ2v) is 8.46. The van der Waals surface area contributed by atoms with E-state index in [9.17, 15) is 9.59 Å². The van der Waals surface area contributed by atoms with Crippen molar-refractivity contribution >= 4 is 28.9 Å². The number of anilines is 1. The van der Waals surface area contributed by atoms with Gasteiger partial charge in [-0.2, -0.15) is 0 Å². The topological polar surface area (TPSA) is 103 Å². The zero-order valence-corrected chi connectivity index (χ0v) is 16.9. The van der Waals surface area contributed by atoms with Crippen molar-refractivity contribution in [3.05, 3.63) is 52.2 Å². The summed E-state index contributed by atoms with van der Waals surface area (Å²) in [7, 11) is 0. The Labute approximate surface area is 170 Å². The molecular formula is C20H18N4O4S. The van der Waals surface area contributed by atoms with Crippen LogP contribution in [0.25, 0.3) is 0 Å². The normalized spacial score (nSPS) is 13.0. The van der Waals surface area contributed by atoms with Gasteiger partial charge in [0.2, 0.25) is 5.01 Å². The molecule has 1 N–H and O–H groups in total. The molecule has 0 bridgehead atoms. The molecule has 0 unspecified atom stereocenters. The van der Waals surface area contributed by atoms with Crippen LogP contribution in [0.3, 0.4) is 0 Å². The summed E-state index contributed by atoms with van der Waals surface area (Å²) in [6.45, 7) is 6.05. The molecule has 1 amide bonds. The Morgan fingerprint density at radius 2 is 2.07 bits per heavy atom. The highest BCUT2D eigenvalue weighted by atomic mass is 32.1. The van der Waals surface area contributed by atoms with Gasteiger partial charge in [0.25, 0.3) is 5.91 Å². The number of rotatable bonds is 4. The van der Waals surface area contributed by atoms with E-state index in [1.807, 2.05) is 20.8 Å². The summed E-state index contributed by atoms with van der Waals surface area (Å²) in [5.41, 5.74) is 0.920. The van der Waals surface area contributed by atoms with Gasteiger partial charge in [-0.1, -0.05) is 38.2 Å². The van der Waals surface area contributed by atoms with Gasteiger partial charge in [0.05, 0.1) is 12.1 Å². The molecule has 0 radical (unpaired) electrons. The Hall–Kier alpha value is -3.33. The van der Waals surface area contributed by atoms with Crippen molar-refractivity contribution in [3.8, 4) is 17.2 Å². The number of nitrogens with one attached hydrogen (secondary N) is 1. The summed E-state index contributed by atoms with van der Waals surface area (Å²) in [6.07, 6.45) is 1.69. The fraction of sp³-hybridized carbons (Fsp3) is 0.250. The molecule has 1 aliphatic rings. The molecule has 0 fully saturated rings. The Morgan fingerprint density at radius 3 is 2.83 bits per heavy atom. The Kier molecular flexibility index (Phi) is 4.75. The van der Waals surface area contributed by atoms with Gasteiger partial charge in [0.1, 0.15) is 10.8 Å². The maximum atomic E-state index is 12.5. The van der Waals surface area contributed by atoms with Crippen LogP contribution in [0.1, 0.15) is 41.3 Å². The molecule has 0 saturated carbocycles. The number of hydrogen-bond donors (Lipinski definition) is 1. The van der Waals surface area contributed by atoms with Crippen LogP contribution in [0.15, 0.2) is 36.5 Å². The molecule has 3 heterocycles. The number of hydrogen-bond acceptors (Lipinski definition) is 8. The lowest BCUT2D eigenvalue weighted by Gasteiger charge is -2.12. The van der Waals surface area contributed by atoms with Gasteiger partial charge in [-0.15, -0.1) is 10.2 Å². The van der Waals surface area contributed by atoms with Crippen molar-refractivity contribution in [1.29, 1.82) is 0 Å². The first kappa shape index (κ1) is 19.0. The molecule has 0 aliphatic carbocycles. The molecule has 9 heteroatoms. The zero-order chi connectivity index (χ0) is 20.6. The maximum absolute atomic E-state index is 12.5.